The van der Waals surface area contributed by atoms with E-state index in [-0.39, 0.29) is 11.3 Å². The number of nitro benzene ring substituents is 1. The molecular weight excluding hydrogens is 283 g/mol. The highest BCUT2D eigenvalue weighted by molar-refractivity contribution is 5.53. The Morgan fingerprint density at radius 1 is 1.40 bits per heavy atom. The fraction of sp³-hybridized carbons (Fsp3) is 0.222. The zero-order chi connectivity index (χ0) is 15.1. The molecule has 8 nitrogen and oxygen atoms in total. The van der Waals surface area contributed by atoms with Gasteiger partial charge in [0.25, 0.3) is 5.69 Å². The molecule has 1 aromatic carbocycles. The Morgan fingerprint density at radius 3 is 2.50 bits per heavy atom. The van der Waals surface area contributed by atoms with Crippen LogP contribution in [0.1, 0.15) is 11.1 Å². The molecule has 0 atom stereocenters. The number of nitrogens with zero attached hydrogens (tertiary/aromatic N) is 4. The predicted molar refractivity (Wildman–Crippen MR) is 58.4 cm³/mol. The number of nitro groups is 1. The number of H-pyrrole nitrogens is 1. The molecule has 0 radical (unpaired) electrons. The van der Waals surface area contributed by atoms with Crippen LogP contribution in [0.2, 0.25) is 0 Å². The van der Waals surface area contributed by atoms with Gasteiger partial charge >= 0.3 is 11.9 Å². The van der Waals surface area contributed by atoms with Crippen LogP contribution in [0.4, 0.5) is 18.9 Å². The zero-order valence-corrected chi connectivity index (χ0v) is 9.80. The molecule has 20 heavy (non-hydrogen) atoms. The summed E-state index contributed by atoms with van der Waals surface area (Å²) in [6.07, 6.45) is -4.79. The van der Waals surface area contributed by atoms with Crippen LogP contribution in [0, 0.1) is 17.0 Å². The fourth-order valence-electron chi connectivity index (χ4n) is 1.66. The largest absolute Gasteiger partial charge is 0.416 e. The summed E-state index contributed by atoms with van der Waals surface area (Å²) in [5.74, 6) is 0. The number of aromatic nitrogens is 4. The summed E-state index contributed by atoms with van der Waals surface area (Å²) in [6, 6.07) is 1.23. The van der Waals surface area contributed by atoms with Crippen LogP contribution in [0.5, 0.6) is 0 Å². The van der Waals surface area contributed by atoms with Crippen LogP contribution in [0.25, 0.3) is 5.69 Å². The molecule has 0 fully saturated rings. The molecule has 1 heterocycles. The van der Waals surface area contributed by atoms with Gasteiger partial charge in [-0.05, 0) is 22.9 Å². The Hall–Kier alpha value is -2.72. The molecule has 106 valence electrons. The van der Waals surface area contributed by atoms with Gasteiger partial charge in [-0.2, -0.15) is 17.9 Å². The van der Waals surface area contributed by atoms with E-state index in [2.05, 4.69) is 10.4 Å². The Labute approximate surface area is 108 Å². The number of alkyl halides is 3. The van der Waals surface area contributed by atoms with Crippen molar-refractivity contribution in [2.45, 2.75) is 13.1 Å². The monoisotopic (exact) mass is 289 g/mol. The van der Waals surface area contributed by atoms with E-state index in [9.17, 15) is 28.1 Å². The normalized spacial score (nSPS) is 11.6. The third-order valence-electron chi connectivity index (χ3n) is 2.58. The van der Waals surface area contributed by atoms with Gasteiger partial charge in [0.15, 0.2) is 0 Å². The molecular formula is C9H6F3N5O3. The van der Waals surface area contributed by atoms with Crippen molar-refractivity contribution in [1.29, 1.82) is 0 Å². The van der Waals surface area contributed by atoms with E-state index in [0.29, 0.717) is 10.7 Å². The van der Waals surface area contributed by atoms with Crippen LogP contribution >= 0.6 is 0 Å². The number of non-ortho nitro benzene ring substituents is 1. The van der Waals surface area contributed by atoms with E-state index < -0.39 is 28.0 Å². The molecule has 0 saturated heterocycles. The summed E-state index contributed by atoms with van der Waals surface area (Å²) in [5.41, 5.74) is -3.63. The lowest BCUT2D eigenvalue weighted by molar-refractivity contribution is -0.385. The summed E-state index contributed by atoms with van der Waals surface area (Å²) in [4.78, 5) is 21.1. The molecule has 1 N–H and O–H groups in total. The first-order valence-corrected chi connectivity index (χ1v) is 5.09. The van der Waals surface area contributed by atoms with Crippen LogP contribution in [-0.4, -0.2) is 25.1 Å². The van der Waals surface area contributed by atoms with E-state index in [1.807, 2.05) is 5.10 Å². The molecule has 0 aliphatic carbocycles. The Morgan fingerprint density at radius 2 is 2.05 bits per heavy atom. The van der Waals surface area contributed by atoms with E-state index in [1.165, 1.54) is 0 Å². The van der Waals surface area contributed by atoms with Crippen LogP contribution in [-0.2, 0) is 6.18 Å². The Balaban J connectivity index is 2.81. The summed E-state index contributed by atoms with van der Waals surface area (Å²) < 4.78 is 39.1. The topological polar surface area (TPSA) is 107 Å². The second-order valence-corrected chi connectivity index (χ2v) is 3.81. The molecule has 11 heteroatoms. The summed E-state index contributed by atoms with van der Waals surface area (Å²) in [6.45, 7) is 1.09. The van der Waals surface area contributed by atoms with Crippen molar-refractivity contribution in [2.24, 2.45) is 0 Å². The van der Waals surface area contributed by atoms with E-state index in [4.69, 9.17) is 0 Å². The van der Waals surface area contributed by atoms with Crippen molar-refractivity contribution in [3.05, 3.63) is 43.9 Å². The van der Waals surface area contributed by atoms with Gasteiger partial charge in [-0.1, -0.05) is 0 Å². The molecule has 2 aromatic rings. The number of hydrogen-bond acceptors (Lipinski definition) is 5. The average molecular weight is 289 g/mol. The molecule has 1 aromatic heterocycles. The second-order valence-electron chi connectivity index (χ2n) is 3.81. The second kappa shape index (κ2) is 4.43. The number of tetrazole rings is 1. The maximum atomic E-state index is 12.9. The van der Waals surface area contributed by atoms with Crippen LogP contribution in [0.15, 0.2) is 16.9 Å². The molecule has 0 unspecified atom stereocenters. The van der Waals surface area contributed by atoms with Crippen molar-refractivity contribution in [3.63, 3.8) is 0 Å². The Kier molecular flexibility index (Phi) is 3.04. The highest BCUT2D eigenvalue weighted by atomic mass is 19.4. The lowest BCUT2D eigenvalue weighted by atomic mass is 10.1. The lowest BCUT2D eigenvalue weighted by Crippen LogP contribution is -2.19. The molecule has 0 aliphatic heterocycles. The highest BCUT2D eigenvalue weighted by Gasteiger charge is 2.36. The van der Waals surface area contributed by atoms with Crippen molar-refractivity contribution in [3.8, 4) is 5.69 Å². The van der Waals surface area contributed by atoms with Crippen molar-refractivity contribution >= 4 is 5.69 Å². The number of halogens is 3. The van der Waals surface area contributed by atoms with Crippen LogP contribution < -0.4 is 5.69 Å². The quantitative estimate of drug-likeness (QED) is 0.660. The van der Waals surface area contributed by atoms with E-state index >= 15 is 0 Å². The molecule has 2 rings (SSSR count). The maximum Gasteiger partial charge on any atom is 0.416 e. The van der Waals surface area contributed by atoms with Gasteiger partial charge in [-0.25, -0.2) is 9.89 Å². The molecule has 0 bridgehead atoms. The average Bonchev–Trinajstić information content (AvgIpc) is 2.73. The standard InChI is InChI=1S/C9H6F3N5O3/c1-4-6(9(10,11)12)2-5(17(19)20)3-7(4)16-8(18)13-14-15-16/h2-3H,1H3,(H,13,15,18). The van der Waals surface area contributed by atoms with Crippen molar-refractivity contribution in [1.82, 2.24) is 20.2 Å². The third-order valence-corrected chi connectivity index (χ3v) is 2.58. The van der Waals surface area contributed by atoms with Gasteiger partial charge in [-0.15, -0.1) is 0 Å². The summed E-state index contributed by atoms with van der Waals surface area (Å²) >= 11 is 0. The smallest absolute Gasteiger partial charge is 0.258 e. The molecule has 0 aliphatic rings. The molecule has 0 amide bonds. The summed E-state index contributed by atoms with van der Waals surface area (Å²) in [7, 11) is 0. The van der Waals surface area contributed by atoms with Gasteiger partial charge in [0.2, 0.25) is 0 Å². The molecule has 0 saturated carbocycles. The lowest BCUT2D eigenvalue weighted by Gasteiger charge is -2.13. The van der Waals surface area contributed by atoms with Gasteiger partial charge in [0.05, 0.1) is 16.2 Å². The van der Waals surface area contributed by atoms with E-state index in [1.54, 1.807) is 0 Å². The highest BCUT2D eigenvalue weighted by Crippen LogP contribution is 2.36. The van der Waals surface area contributed by atoms with Gasteiger partial charge in [-0.3, -0.25) is 10.1 Å². The van der Waals surface area contributed by atoms with E-state index in [0.717, 1.165) is 13.0 Å². The van der Waals surface area contributed by atoms with Gasteiger partial charge < -0.3 is 0 Å². The van der Waals surface area contributed by atoms with Crippen LogP contribution in [0.3, 0.4) is 0 Å². The minimum absolute atomic E-state index is 0.356. The number of benzene rings is 1. The number of rotatable bonds is 2. The van der Waals surface area contributed by atoms with Crippen molar-refractivity contribution < 1.29 is 18.1 Å². The summed E-state index contributed by atoms with van der Waals surface area (Å²) in [5, 5.41) is 19.0. The van der Waals surface area contributed by atoms with Gasteiger partial charge in [0.1, 0.15) is 0 Å². The number of aromatic amines is 1. The first-order chi connectivity index (χ1) is 9.21. The third kappa shape index (κ3) is 2.24. The SMILES string of the molecule is Cc1c(-n2nn[nH]c2=O)cc([N+](=O)[O-])cc1C(F)(F)F. The number of hydrogen-bond donors (Lipinski definition) is 1. The Bertz CT molecular complexity index is 733. The number of nitrogens with one attached hydrogen (secondary N) is 1. The first-order valence-electron chi connectivity index (χ1n) is 5.09. The first kappa shape index (κ1) is 13.7. The van der Waals surface area contributed by atoms with Gasteiger partial charge in [0, 0.05) is 12.1 Å². The minimum atomic E-state index is -4.79. The minimum Gasteiger partial charge on any atom is -0.258 e. The molecule has 0 spiro atoms. The maximum absolute atomic E-state index is 12.9. The zero-order valence-electron chi connectivity index (χ0n) is 9.80. The fourth-order valence-corrected chi connectivity index (χ4v) is 1.66. The van der Waals surface area contributed by atoms with Crippen molar-refractivity contribution in [2.75, 3.05) is 0 Å². The predicted octanol–water partition coefficient (Wildman–Crippen LogP) is 1.19.